The average Bonchev–Trinajstić information content (AvgIpc) is 1.52. The van der Waals surface area contributed by atoms with Crippen molar-refractivity contribution in [3.63, 3.8) is 0 Å². The third-order valence-electron chi connectivity index (χ3n) is 25.3. The minimum absolute atomic E-state index is 0.00217. The van der Waals surface area contributed by atoms with Gasteiger partial charge in [0.15, 0.2) is 22.5 Å². The molecule has 6 aromatic rings. The lowest BCUT2D eigenvalue weighted by molar-refractivity contribution is -0.204. The van der Waals surface area contributed by atoms with Gasteiger partial charge in [-0.15, -0.1) is 0 Å². The molecule has 7 amide bonds. The zero-order valence-electron chi connectivity index (χ0n) is 73.2. The van der Waals surface area contributed by atoms with Gasteiger partial charge in [0.1, 0.15) is 48.0 Å². The number of aliphatic hydroxyl groups excluding tert-OH is 1. The quantitative estimate of drug-likeness (QED) is 0.00715. The fraction of sp³-hybridized carbons (Fsp3) is 0.506. The number of carbonyl (C=O) groups excluding carboxylic acids is 9. The maximum absolute atomic E-state index is 15.5. The van der Waals surface area contributed by atoms with Gasteiger partial charge in [0, 0.05) is 120 Å². The van der Waals surface area contributed by atoms with E-state index in [2.05, 4.69) is 82.8 Å². The van der Waals surface area contributed by atoms with Crippen LogP contribution in [0.2, 0.25) is 0 Å². The number of aliphatic hydroxyl groups is 3. The van der Waals surface area contributed by atoms with E-state index in [9.17, 15) is 87.9 Å². The second kappa shape index (κ2) is 42.3. The number of Topliss-reactive ketones (excluding diaryl/α,β-unsaturated/α-hetero) is 1. The highest BCUT2D eigenvalue weighted by Gasteiger charge is 2.79. The number of aromatic amines is 2. The summed E-state index contributed by atoms with van der Waals surface area (Å²) in [5, 5.41) is 103. The number of piperidine rings is 1. The topological polar surface area (TPSA) is 686 Å². The second-order valence-corrected chi connectivity index (χ2v) is 36.0. The zero-order chi connectivity index (χ0) is 96.2. The average molecular weight is 1880 g/mol. The van der Waals surface area contributed by atoms with Gasteiger partial charge in [-0.25, -0.2) is 29.8 Å². The Morgan fingerprint density at radius 2 is 1.41 bits per heavy atom. The van der Waals surface area contributed by atoms with Gasteiger partial charge in [-0.2, -0.15) is 4.98 Å². The highest BCUT2D eigenvalue weighted by atomic mass is 33.1. The van der Waals surface area contributed by atoms with Crippen molar-refractivity contribution in [2.75, 3.05) is 102 Å². The number of benzene rings is 3. The number of H-pyrrole nitrogens is 2. The molecule has 1 aliphatic carbocycles. The van der Waals surface area contributed by atoms with Crippen LogP contribution in [0.15, 0.2) is 83.8 Å². The number of esters is 1. The van der Waals surface area contributed by atoms with Crippen LogP contribution in [0.4, 0.5) is 22.1 Å². The number of hydrogen-bond donors (Lipinski definition) is 21. The number of nitrogens with two attached hydrogens (primary N) is 2. The van der Waals surface area contributed by atoms with Gasteiger partial charge in [0.05, 0.1) is 75.6 Å². The maximum atomic E-state index is 15.5. The number of carboxylic acids is 5. The molecule has 3 fully saturated rings. The van der Waals surface area contributed by atoms with Crippen LogP contribution in [0, 0.1) is 11.3 Å². The molecule has 16 atom stereocenters. The normalized spacial score (nSPS) is 23.9. The van der Waals surface area contributed by atoms with Gasteiger partial charge in [-0.1, -0.05) is 65.8 Å². The number of fused-ring (bicyclic) bond motifs is 7. The number of nitrogens with one attached hydrogen (secondary N) is 11. The lowest BCUT2D eigenvalue weighted by atomic mass is 9.47. The summed E-state index contributed by atoms with van der Waals surface area (Å²) >= 11 is 0. The predicted octanol–water partition coefficient (Wildman–Crippen LogP) is -1.16. The van der Waals surface area contributed by atoms with Crippen LogP contribution in [0.5, 0.6) is 5.75 Å². The maximum Gasteiger partial charge on any atom is 0.426 e. The molecule has 1 spiro atoms. The molecule has 2 saturated heterocycles. The number of ether oxygens (including phenoxy) is 3. The molecule has 47 heteroatoms. The van der Waals surface area contributed by atoms with Crippen LogP contribution in [-0.4, -0.2) is 310 Å². The van der Waals surface area contributed by atoms with Gasteiger partial charge in [-0.05, 0) is 119 Å². The highest BCUT2D eigenvalue weighted by Crippen LogP contribution is 2.68. The van der Waals surface area contributed by atoms with Crippen molar-refractivity contribution in [2.24, 2.45) is 17.1 Å². The van der Waals surface area contributed by atoms with E-state index in [1.54, 1.807) is 11.9 Å². The number of aliphatic carboxylic acids is 5. The lowest BCUT2D eigenvalue weighted by Gasteiger charge is -2.63. The molecule has 5 aliphatic heterocycles. The lowest BCUT2D eigenvalue weighted by Crippen LogP contribution is -2.82. The molecule has 8 heterocycles. The number of methoxy groups -OCH3 is 2. The third-order valence-corrected chi connectivity index (χ3v) is 27.7. The molecule has 45 nitrogen and oxygen atoms in total. The van der Waals surface area contributed by atoms with E-state index in [0.29, 0.717) is 98.9 Å². The highest BCUT2D eigenvalue weighted by molar-refractivity contribution is 8.76. The predicted molar refractivity (Wildman–Crippen MR) is 475 cm³/mol. The number of ketones is 1. The molecule has 1 saturated carbocycles. The summed E-state index contributed by atoms with van der Waals surface area (Å²) in [6.07, 6.45) is 1.66. The van der Waals surface area contributed by atoms with Crippen molar-refractivity contribution in [1.29, 1.82) is 0 Å². The van der Waals surface area contributed by atoms with Crippen LogP contribution in [-0.2, 0) is 90.8 Å². The van der Waals surface area contributed by atoms with Crippen LogP contribution in [0.3, 0.4) is 0 Å². The molecule has 23 N–H and O–H groups in total. The summed E-state index contributed by atoms with van der Waals surface area (Å²) in [4.78, 5) is 213. The Hall–Kier alpha value is -12.6. The number of carboxylic acid groups (broad SMARTS) is 5. The van der Waals surface area contributed by atoms with E-state index in [4.69, 9.17) is 41.0 Å². The van der Waals surface area contributed by atoms with Crippen molar-refractivity contribution in [2.45, 2.75) is 174 Å². The monoisotopic (exact) mass is 1880 g/mol. The Balaban J connectivity index is 0.000000297. The number of anilines is 3. The van der Waals surface area contributed by atoms with E-state index >= 15 is 9.59 Å². The Kier molecular flexibility index (Phi) is 32.0. The number of hydrazine groups is 1. The Labute approximate surface area is 762 Å². The van der Waals surface area contributed by atoms with Crippen molar-refractivity contribution in [3.8, 4) is 5.75 Å². The third kappa shape index (κ3) is 21.1. The molecule has 3 aromatic heterocycles. The van der Waals surface area contributed by atoms with Crippen LogP contribution in [0.1, 0.15) is 123 Å². The van der Waals surface area contributed by atoms with E-state index in [0.717, 1.165) is 50.5 Å². The van der Waals surface area contributed by atoms with Gasteiger partial charge < -0.3 is 114 Å². The molecule has 12 rings (SSSR count). The van der Waals surface area contributed by atoms with E-state index < -0.39 is 209 Å². The molecular formula is C85H109N19O26S2. The first-order chi connectivity index (χ1) is 62.7. The summed E-state index contributed by atoms with van der Waals surface area (Å²) in [6, 6.07) is 7.35. The smallest absolute Gasteiger partial charge is 0.426 e. The van der Waals surface area contributed by atoms with Crippen LogP contribution < -0.4 is 74.7 Å². The van der Waals surface area contributed by atoms with Gasteiger partial charge in [-0.3, -0.25) is 77.7 Å². The van der Waals surface area contributed by atoms with Crippen molar-refractivity contribution in [3.05, 3.63) is 123 Å². The minimum atomic E-state index is -2.63. The van der Waals surface area contributed by atoms with Crippen molar-refractivity contribution >= 4 is 144 Å². The number of likely N-dealkylation sites (N-methyl/N-ethyl adjacent to an activating group) is 2. The molecule has 3 unspecified atom stereocenters. The Morgan fingerprint density at radius 1 is 0.742 bits per heavy atom. The minimum Gasteiger partial charge on any atom is -0.496 e. The molecule has 132 heavy (non-hydrogen) atoms. The van der Waals surface area contributed by atoms with E-state index in [-0.39, 0.29) is 59.7 Å². The number of nitrogen functional groups attached to an aromatic ring is 1. The first-order valence-corrected chi connectivity index (χ1v) is 44.9. The van der Waals surface area contributed by atoms with E-state index in [1.165, 1.54) is 51.7 Å². The number of para-hydroxylation sites is 1. The fourth-order valence-corrected chi connectivity index (χ4v) is 21.2. The molecule has 3 aromatic carbocycles. The van der Waals surface area contributed by atoms with E-state index in [1.807, 2.05) is 62.4 Å². The van der Waals surface area contributed by atoms with Crippen molar-refractivity contribution < 1.29 is 122 Å². The molecular weight excluding hydrogens is 1770 g/mol. The summed E-state index contributed by atoms with van der Waals surface area (Å²) < 4.78 is 17.7. The molecule has 2 bridgehead atoms. The number of amides is 7. The summed E-state index contributed by atoms with van der Waals surface area (Å²) in [5.74, 6) is -13.9. The standard InChI is InChI=1S/C57H78N10O15S2.C28H31N9O11/c1-7-53(78)25-31-26-56(51(76)81-6,43-33(14-18-66(28-31)30-53)32-12-9-10-13-36(32)60-43)35-22-34-40(24-41(35)80-5)65(4)48-55(34)16-19-67-17-11-15-54(8-2,47(55)67)49(74)57(48,79)50(75)63-64-52(77)82-20-21-83-84-29-39(46(72)73)62-45(71)38(27-58)61-44(70)37(59-3)23-42(68)69;1-12(38)17(8-20(40)41)35-25(45)18(9-21(42)43)33-19(39)7-6-16(27(47)48)34-24(44)13-2-4-14(5-3-13)30-10-15-11-31-23-22(32-15)26(46)37-28(29)36-23/h9-13,15,22,24,31,37-39,47-49,59-60,74,78-79H,7-8,14,16-21,23,25-30,58H2,1-6H3,(H,61,70)(H,62,71)(H,63,75)(H,64,77)(H,68,69)(H,72,73);2-5,11,16-18,30H,6-10H2,1H3,(H,33,39)(H,34,44)(H,35,45)(H,40,41)(H,42,43)(H,47,48)(H3,29,31,36,37,46)/t31-,37+,38+,39+,47+,48-,49-,53+,54-,55-,56+,57+;16?,17-,18?/m10/s1. The number of hydrogen-bond acceptors (Lipinski definition) is 33. The number of rotatable bonds is 38. The summed E-state index contributed by atoms with van der Waals surface area (Å²) in [6.45, 7) is 7.26. The number of nitrogens with zero attached hydrogens (tertiary/aromatic N) is 6. The summed E-state index contributed by atoms with van der Waals surface area (Å²) in [5.41, 5.74) is 13.2. The number of carbonyl (C=O) groups is 14. The van der Waals surface area contributed by atoms with Crippen molar-refractivity contribution in [1.82, 2.24) is 77.5 Å². The molecule has 0 radical (unpaired) electrons. The number of aromatic nitrogens is 5. The fourth-order valence-electron chi connectivity index (χ4n) is 19.2. The van der Waals surface area contributed by atoms with Gasteiger partial charge in [0.2, 0.25) is 29.6 Å². The first kappa shape index (κ1) is 99.9. The largest absolute Gasteiger partial charge is 0.496 e. The first-order valence-electron chi connectivity index (χ1n) is 42.4. The molecule has 6 aliphatic rings. The van der Waals surface area contributed by atoms with Crippen LogP contribution in [0.25, 0.3) is 22.1 Å². The zero-order valence-corrected chi connectivity index (χ0v) is 74.8. The summed E-state index contributed by atoms with van der Waals surface area (Å²) in [7, 11) is 8.18. The second-order valence-electron chi connectivity index (χ2n) is 33.4. The molecule has 712 valence electrons. The van der Waals surface area contributed by atoms with Crippen LogP contribution >= 0.6 is 21.6 Å². The van der Waals surface area contributed by atoms with Gasteiger partial charge >= 0.3 is 41.9 Å². The Bertz CT molecular complexity index is 5510. The Morgan fingerprint density at radius 3 is 2.06 bits per heavy atom. The SMILES string of the molecule is CC(=O)[C@H](CC(=O)O)NC(=O)C(CC(=O)O)NC(=O)CCC(NC(=O)c1ccc(NCc2cnc3nc(N)[nH]c(=O)c3n2)cc1)C(=O)O.CC[C@]1(O)C[C@H]2CN(CCc3c([nH]c4ccccc34)[C@@](C(=O)OC)(c3cc4c(cc3OC)N(C)[C@H]3[C@@](O)(C(=O)NNC(=O)OCCSSC[C@H](NC(=O)[C@H](CN)NC(=O)[C@H](CC(=O)O)NC)C(=O)O)[C@H](O)[C@]5(CC)C=CCN6CC[C@]43[C@@H]65)C2)C1. The van der Waals surface area contributed by atoms with Gasteiger partial charge in [0.25, 0.3) is 17.4 Å².